The molecule has 1 heteroatoms. The van der Waals surface area contributed by atoms with E-state index in [4.69, 9.17) is 0 Å². The van der Waals surface area contributed by atoms with Crippen LogP contribution in [0.15, 0.2) is 0 Å². The van der Waals surface area contributed by atoms with Crippen molar-refractivity contribution in [2.24, 2.45) is 0 Å². The molecule has 3 aliphatic rings. The van der Waals surface area contributed by atoms with Crippen molar-refractivity contribution < 1.29 is 0 Å². The Kier molecular flexibility index (Phi) is 6.67. The third-order valence-electron chi connectivity index (χ3n) is 7.41. The van der Waals surface area contributed by atoms with E-state index in [9.17, 15) is 0 Å². The first-order chi connectivity index (χ1) is 10.9. The Balaban J connectivity index is 1.78. The maximum atomic E-state index is 2.37. The Bertz CT molecular complexity index is 265. The van der Waals surface area contributed by atoms with Crippen molar-refractivity contribution in [2.45, 2.75) is 127 Å². The predicted octanol–water partition coefficient (Wildman–Crippen LogP) is 7.41. The molecule has 0 radical (unpaired) electrons. The number of hydrogen-bond donors (Lipinski definition) is 0. The Morgan fingerprint density at radius 1 is 0.591 bits per heavy atom. The minimum atomic E-state index is -0.679. The molecule has 3 rings (SSSR count). The van der Waals surface area contributed by atoms with Crippen molar-refractivity contribution in [3.63, 3.8) is 0 Å². The minimum absolute atomic E-state index is 0.679. The van der Waals surface area contributed by atoms with Gasteiger partial charge in [-0.3, -0.25) is 0 Å². The molecule has 0 N–H and O–H groups in total. The van der Waals surface area contributed by atoms with E-state index >= 15 is 0 Å². The minimum Gasteiger partial charge on any atom is -0.0654 e. The first kappa shape index (κ1) is 17.3. The van der Waals surface area contributed by atoms with Crippen LogP contribution in [0.25, 0.3) is 0 Å². The third kappa shape index (κ3) is 3.58. The van der Waals surface area contributed by atoms with Gasteiger partial charge < -0.3 is 0 Å². The van der Waals surface area contributed by atoms with Crippen molar-refractivity contribution in [1.82, 2.24) is 0 Å². The molecule has 3 saturated carbocycles. The van der Waals surface area contributed by atoms with Gasteiger partial charge in [-0.05, 0) is 89.9 Å². The number of unbranched alkanes of at least 4 members (excludes halogenated alkanes) is 3. The quantitative estimate of drug-likeness (QED) is 0.322. The molecule has 3 fully saturated rings. The van der Waals surface area contributed by atoms with Gasteiger partial charge in [-0.25, -0.2) is 0 Å². The summed E-state index contributed by atoms with van der Waals surface area (Å²) in [5.74, 6) is 0. The molecule has 128 valence electrons. The van der Waals surface area contributed by atoms with Gasteiger partial charge in [0, 0.05) is 7.26 Å². The smallest absolute Gasteiger partial charge is 0.0654 e. The third-order valence-corrected chi connectivity index (χ3v) is 14.1. The molecule has 0 nitrogen and oxygen atoms in total. The highest BCUT2D eigenvalue weighted by Crippen LogP contribution is 2.78. The van der Waals surface area contributed by atoms with E-state index in [1.54, 1.807) is 89.6 Å². The summed E-state index contributed by atoms with van der Waals surface area (Å²) in [6, 6.07) is 0. The van der Waals surface area contributed by atoms with Crippen LogP contribution in [0.2, 0.25) is 0 Å². The van der Waals surface area contributed by atoms with E-state index < -0.39 is 7.26 Å². The summed E-state index contributed by atoms with van der Waals surface area (Å²) in [7, 11) is -0.679. The summed E-state index contributed by atoms with van der Waals surface area (Å²) in [5.41, 5.74) is 3.67. The van der Waals surface area contributed by atoms with Crippen molar-refractivity contribution in [3.8, 4) is 0 Å². The van der Waals surface area contributed by atoms with Gasteiger partial charge in [-0.2, -0.15) is 0 Å². The first-order valence-corrected chi connectivity index (χ1v) is 12.9. The highest BCUT2D eigenvalue weighted by Gasteiger charge is 2.57. The van der Waals surface area contributed by atoms with Gasteiger partial charge in [0.1, 0.15) is 0 Å². The molecule has 0 aromatic heterocycles. The molecule has 22 heavy (non-hydrogen) atoms. The Hall–Kier alpha value is 0.430. The van der Waals surface area contributed by atoms with Crippen LogP contribution in [0.5, 0.6) is 0 Å². The lowest BCUT2D eigenvalue weighted by molar-refractivity contribution is 0.683. The fourth-order valence-electron chi connectivity index (χ4n) is 6.41. The van der Waals surface area contributed by atoms with Gasteiger partial charge in [0.15, 0.2) is 0 Å². The van der Waals surface area contributed by atoms with E-state index in [-0.39, 0.29) is 0 Å². The van der Waals surface area contributed by atoms with E-state index in [0.717, 1.165) is 0 Å². The summed E-state index contributed by atoms with van der Waals surface area (Å²) in [4.78, 5) is 0. The summed E-state index contributed by atoms with van der Waals surface area (Å²) >= 11 is 0. The van der Waals surface area contributed by atoms with Gasteiger partial charge in [0.2, 0.25) is 0 Å². The summed E-state index contributed by atoms with van der Waals surface area (Å²) in [6.45, 7) is 2.37. The lowest BCUT2D eigenvalue weighted by atomic mass is 10.2. The van der Waals surface area contributed by atoms with E-state index in [2.05, 4.69) is 6.92 Å². The Labute approximate surface area is 140 Å². The molecule has 0 atom stereocenters. The monoisotopic (exact) mass is 323 g/mol. The van der Waals surface area contributed by atoms with Crippen LogP contribution in [-0.2, 0) is 0 Å². The second-order valence-corrected chi connectivity index (χ2v) is 13.2. The lowest BCUT2D eigenvalue weighted by Gasteiger charge is -2.42. The van der Waals surface area contributed by atoms with Crippen LogP contribution in [0, 0.1) is 0 Å². The predicted molar refractivity (Wildman–Crippen MR) is 103 cm³/mol. The molecule has 0 aliphatic heterocycles. The van der Waals surface area contributed by atoms with Crippen molar-refractivity contribution in [3.05, 3.63) is 0 Å². The first-order valence-electron chi connectivity index (χ1n) is 10.7. The SMILES string of the molecule is CCCCCC[P+](C1CCCC1)(C1CCCC1)C1CCCC1. The second-order valence-electron chi connectivity index (χ2n) is 8.59. The maximum absolute atomic E-state index is 2.37. The van der Waals surface area contributed by atoms with Crippen LogP contribution < -0.4 is 0 Å². The molecule has 0 aromatic rings. The molecule has 0 aromatic carbocycles. The zero-order valence-electron chi connectivity index (χ0n) is 15.2. The molecule has 0 bridgehead atoms. The van der Waals surface area contributed by atoms with E-state index in [0.29, 0.717) is 0 Å². The normalized spacial score (nSPS) is 25.5. The van der Waals surface area contributed by atoms with E-state index in [1.165, 1.54) is 36.2 Å². The van der Waals surface area contributed by atoms with Crippen LogP contribution in [0.1, 0.15) is 110 Å². The Morgan fingerprint density at radius 2 is 1.00 bits per heavy atom. The molecule has 0 unspecified atom stereocenters. The molecule has 0 heterocycles. The van der Waals surface area contributed by atoms with Gasteiger partial charge in [0.25, 0.3) is 0 Å². The lowest BCUT2D eigenvalue weighted by Crippen LogP contribution is -2.31. The van der Waals surface area contributed by atoms with Crippen molar-refractivity contribution >= 4 is 7.26 Å². The van der Waals surface area contributed by atoms with Crippen LogP contribution in [0.3, 0.4) is 0 Å². The maximum Gasteiger partial charge on any atom is 0.0703 e. The molecular formula is C21H40P+. The Morgan fingerprint density at radius 3 is 1.36 bits per heavy atom. The van der Waals surface area contributed by atoms with Gasteiger partial charge in [0.05, 0.1) is 23.1 Å². The summed E-state index contributed by atoms with van der Waals surface area (Å²) in [6.07, 6.45) is 26.9. The molecule has 3 aliphatic carbocycles. The molecule has 0 amide bonds. The molecule has 0 saturated heterocycles. The molecule has 0 spiro atoms. The highest BCUT2D eigenvalue weighted by molar-refractivity contribution is 7.77. The van der Waals surface area contributed by atoms with Crippen LogP contribution in [0.4, 0.5) is 0 Å². The fraction of sp³-hybridized carbons (Fsp3) is 1.00. The topological polar surface area (TPSA) is 0 Å². The second kappa shape index (κ2) is 8.50. The number of rotatable bonds is 8. The highest BCUT2D eigenvalue weighted by atomic mass is 31.2. The largest absolute Gasteiger partial charge is 0.0703 e. The average Bonchev–Trinajstić information content (AvgIpc) is 3.29. The van der Waals surface area contributed by atoms with Gasteiger partial charge in [-0.15, -0.1) is 0 Å². The van der Waals surface area contributed by atoms with Gasteiger partial charge in [-0.1, -0.05) is 19.8 Å². The summed E-state index contributed by atoms with van der Waals surface area (Å²) in [5, 5.41) is 0. The van der Waals surface area contributed by atoms with Crippen molar-refractivity contribution in [2.75, 3.05) is 6.16 Å². The number of hydrogen-bond acceptors (Lipinski definition) is 0. The average molecular weight is 324 g/mol. The van der Waals surface area contributed by atoms with E-state index in [1.807, 2.05) is 0 Å². The van der Waals surface area contributed by atoms with Crippen LogP contribution in [-0.4, -0.2) is 23.1 Å². The zero-order chi connectivity index (χ0) is 15.3. The zero-order valence-corrected chi connectivity index (χ0v) is 16.1. The standard InChI is InChI=1S/C21H40P/c1-2-3-4-11-18-22(19-12-5-6-13-19,20-14-7-8-15-20)21-16-9-10-17-21/h19-21H,2-18H2,1H3/q+1. The van der Waals surface area contributed by atoms with Gasteiger partial charge >= 0.3 is 0 Å². The van der Waals surface area contributed by atoms with Crippen LogP contribution >= 0.6 is 7.26 Å². The molecular weight excluding hydrogens is 283 g/mol. The summed E-state index contributed by atoms with van der Waals surface area (Å²) < 4.78 is 0. The fourth-order valence-corrected chi connectivity index (χ4v) is 14.0. The van der Waals surface area contributed by atoms with Crippen molar-refractivity contribution in [1.29, 1.82) is 0 Å².